The molecule has 5 nitrogen and oxygen atoms in total. The normalized spacial score (nSPS) is 12.3. The molecule has 1 unspecified atom stereocenters. The van der Waals surface area contributed by atoms with Crippen molar-refractivity contribution in [3.8, 4) is 5.75 Å². The summed E-state index contributed by atoms with van der Waals surface area (Å²) < 4.78 is 35.5. The highest BCUT2D eigenvalue weighted by atomic mass is 32.2. The van der Waals surface area contributed by atoms with Crippen molar-refractivity contribution in [1.82, 2.24) is 0 Å². The van der Waals surface area contributed by atoms with E-state index in [1.807, 2.05) is 37.3 Å². The number of aldehydes is 1. The molecule has 0 bridgehead atoms. The summed E-state index contributed by atoms with van der Waals surface area (Å²) in [5, 5.41) is 0. The molecular formula is C22H20O5S. The second-order valence-electron chi connectivity index (χ2n) is 6.27. The molecule has 3 rings (SSSR count). The number of benzene rings is 3. The van der Waals surface area contributed by atoms with Crippen molar-refractivity contribution in [2.24, 2.45) is 0 Å². The topological polar surface area (TPSA) is 69.7 Å². The fourth-order valence-electron chi connectivity index (χ4n) is 2.57. The molecule has 0 aromatic heterocycles. The van der Waals surface area contributed by atoms with Crippen molar-refractivity contribution in [3.63, 3.8) is 0 Å². The Labute approximate surface area is 164 Å². The fraction of sp³-hybridized carbons (Fsp3) is 0.136. The molecule has 0 amide bonds. The second kappa shape index (κ2) is 8.82. The third-order valence-electron chi connectivity index (χ3n) is 4.12. The lowest BCUT2D eigenvalue weighted by Gasteiger charge is -2.13. The number of hydrogen-bond acceptors (Lipinski definition) is 5. The van der Waals surface area contributed by atoms with E-state index >= 15 is 0 Å². The van der Waals surface area contributed by atoms with Gasteiger partial charge in [-0.3, -0.25) is 0 Å². The van der Waals surface area contributed by atoms with Gasteiger partial charge in [0.05, 0.1) is 6.61 Å². The first kappa shape index (κ1) is 19.8. The third-order valence-corrected chi connectivity index (χ3v) is 5.38. The third kappa shape index (κ3) is 5.06. The van der Waals surface area contributed by atoms with Gasteiger partial charge in [0, 0.05) is 0 Å². The monoisotopic (exact) mass is 396 g/mol. The van der Waals surface area contributed by atoms with Gasteiger partial charge in [0.25, 0.3) is 0 Å². The molecule has 1 atom stereocenters. The van der Waals surface area contributed by atoms with E-state index in [1.54, 1.807) is 24.3 Å². The summed E-state index contributed by atoms with van der Waals surface area (Å²) in [5.74, 6) is 0.164. The minimum Gasteiger partial charge on any atom is -0.379 e. The Balaban J connectivity index is 1.68. The van der Waals surface area contributed by atoms with Crippen LogP contribution in [0.2, 0.25) is 0 Å². The predicted molar refractivity (Wildman–Crippen MR) is 105 cm³/mol. The summed E-state index contributed by atoms with van der Waals surface area (Å²) >= 11 is 0. The van der Waals surface area contributed by atoms with Gasteiger partial charge in [-0.1, -0.05) is 60.2 Å². The van der Waals surface area contributed by atoms with Gasteiger partial charge in [0.1, 0.15) is 16.7 Å². The van der Waals surface area contributed by atoms with Gasteiger partial charge in [-0.25, -0.2) is 0 Å². The van der Waals surface area contributed by atoms with Crippen LogP contribution in [-0.2, 0) is 26.3 Å². The van der Waals surface area contributed by atoms with Crippen molar-refractivity contribution in [2.45, 2.75) is 24.5 Å². The van der Waals surface area contributed by atoms with Crippen LogP contribution in [0.15, 0.2) is 83.8 Å². The molecule has 0 N–H and O–H groups in total. The van der Waals surface area contributed by atoms with Gasteiger partial charge in [-0.05, 0) is 42.3 Å². The van der Waals surface area contributed by atoms with E-state index in [4.69, 9.17) is 8.92 Å². The van der Waals surface area contributed by atoms with Crippen LogP contribution in [0, 0.1) is 6.92 Å². The maximum Gasteiger partial charge on any atom is 0.339 e. The molecule has 3 aromatic carbocycles. The van der Waals surface area contributed by atoms with Crippen LogP contribution in [0.1, 0.15) is 22.8 Å². The number of rotatable bonds is 8. The number of carbonyl (C=O) groups excluding carboxylic acids is 1. The Morgan fingerprint density at radius 1 is 0.893 bits per heavy atom. The van der Waals surface area contributed by atoms with E-state index in [9.17, 15) is 13.2 Å². The van der Waals surface area contributed by atoms with Crippen LogP contribution in [0.4, 0.5) is 0 Å². The summed E-state index contributed by atoms with van der Waals surface area (Å²) in [5.41, 5.74) is 2.53. The lowest BCUT2D eigenvalue weighted by atomic mass is 10.1. The first-order valence-corrected chi connectivity index (χ1v) is 10.1. The zero-order valence-corrected chi connectivity index (χ0v) is 16.1. The first-order valence-electron chi connectivity index (χ1n) is 8.70. The average Bonchev–Trinajstić information content (AvgIpc) is 2.70. The lowest BCUT2D eigenvalue weighted by Crippen LogP contribution is -2.10. The zero-order chi connectivity index (χ0) is 20.0. The van der Waals surface area contributed by atoms with Crippen LogP contribution < -0.4 is 4.18 Å². The molecule has 0 saturated heterocycles. The standard InChI is InChI=1S/C22H20O5S/c1-17-7-13-21(14-8-17)28(24,25)27-20-11-9-19(10-12-20)22(15-23)26-16-18-5-3-2-4-6-18/h2-15,22H,16H2,1H3. The smallest absolute Gasteiger partial charge is 0.339 e. The van der Waals surface area contributed by atoms with Crippen molar-refractivity contribution in [3.05, 3.63) is 95.6 Å². The molecule has 0 aliphatic rings. The van der Waals surface area contributed by atoms with Crippen LogP contribution in [0.25, 0.3) is 0 Å². The highest BCUT2D eigenvalue weighted by Crippen LogP contribution is 2.23. The van der Waals surface area contributed by atoms with Crippen LogP contribution in [0.3, 0.4) is 0 Å². The van der Waals surface area contributed by atoms with Crippen LogP contribution in [0.5, 0.6) is 5.75 Å². The molecular weight excluding hydrogens is 376 g/mol. The zero-order valence-electron chi connectivity index (χ0n) is 15.3. The summed E-state index contributed by atoms with van der Waals surface area (Å²) in [6.07, 6.45) is -0.0371. The maximum atomic E-state index is 12.3. The van der Waals surface area contributed by atoms with Crippen molar-refractivity contribution >= 4 is 16.4 Å². The number of hydrogen-bond donors (Lipinski definition) is 0. The Morgan fingerprint density at radius 2 is 1.54 bits per heavy atom. The number of aryl methyl sites for hydroxylation is 1. The van der Waals surface area contributed by atoms with E-state index in [-0.39, 0.29) is 10.6 Å². The summed E-state index contributed by atoms with van der Waals surface area (Å²) in [6, 6.07) is 22.2. The Bertz CT molecular complexity index is 1010. The highest BCUT2D eigenvalue weighted by Gasteiger charge is 2.17. The maximum absolute atomic E-state index is 12.3. The average molecular weight is 396 g/mol. The highest BCUT2D eigenvalue weighted by molar-refractivity contribution is 7.87. The Kier molecular flexibility index (Phi) is 6.23. The molecule has 144 valence electrons. The molecule has 0 aliphatic heterocycles. The van der Waals surface area contributed by atoms with Crippen molar-refractivity contribution in [2.75, 3.05) is 0 Å². The van der Waals surface area contributed by atoms with E-state index in [0.29, 0.717) is 18.5 Å². The number of ether oxygens (including phenoxy) is 1. The van der Waals surface area contributed by atoms with E-state index in [0.717, 1.165) is 11.1 Å². The first-order chi connectivity index (χ1) is 13.5. The molecule has 6 heteroatoms. The number of carbonyl (C=O) groups is 1. The largest absolute Gasteiger partial charge is 0.379 e. The molecule has 0 aliphatic carbocycles. The van der Waals surface area contributed by atoms with Crippen molar-refractivity contribution in [1.29, 1.82) is 0 Å². The van der Waals surface area contributed by atoms with Gasteiger partial charge in [0.2, 0.25) is 0 Å². The Hall–Kier alpha value is -2.96. The van der Waals surface area contributed by atoms with E-state index < -0.39 is 16.2 Å². The molecule has 28 heavy (non-hydrogen) atoms. The van der Waals surface area contributed by atoms with E-state index in [1.165, 1.54) is 24.3 Å². The van der Waals surface area contributed by atoms with Gasteiger partial charge < -0.3 is 13.7 Å². The van der Waals surface area contributed by atoms with Gasteiger partial charge >= 0.3 is 10.1 Å². The van der Waals surface area contributed by atoms with Crippen LogP contribution in [-0.4, -0.2) is 14.7 Å². The second-order valence-corrected chi connectivity index (χ2v) is 7.82. The van der Waals surface area contributed by atoms with Gasteiger partial charge in [0.15, 0.2) is 6.29 Å². The lowest BCUT2D eigenvalue weighted by molar-refractivity contribution is -0.119. The fourth-order valence-corrected chi connectivity index (χ4v) is 3.50. The quantitative estimate of drug-likeness (QED) is 0.421. The minimum atomic E-state index is -3.92. The SMILES string of the molecule is Cc1ccc(S(=O)(=O)Oc2ccc(C(C=O)OCc3ccccc3)cc2)cc1. The molecule has 0 saturated carbocycles. The van der Waals surface area contributed by atoms with Gasteiger partial charge in [-0.2, -0.15) is 8.42 Å². The summed E-state index contributed by atoms with van der Waals surface area (Å²) in [6.45, 7) is 2.17. The predicted octanol–water partition coefficient (Wildman–Crippen LogP) is 4.22. The van der Waals surface area contributed by atoms with E-state index in [2.05, 4.69) is 0 Å². The minimum absolute atomic E-state index is 0.0825. The Morgan fingerprint density at radius 3 is 2.14 bits per heavy atom. The molecule has 0 spiro atoms. The molecule has 0 fully saturated rings. The van der Waals surface area contributed by atoms with Crippen LogP contribution >= 0.6 is 0 Å². The molecule has 0 heterocycles. The van der Waals surface area contributed by atoms with Gasteiger partial charge in [-0.15, -0.1) is 0 Å². The summed E-state index contributed by atoms with van der Waals surface area (Å²) in [4.78, 5) is 11.5. The van der Waals surface area contributed by atoms with Crippen molar-refractivity contribution < 1.29 is 22.1 Å². The molecule has 0 radical (unpaired) electrons. The summed E-state index contributed by atoms with van der Waals surface area (Å²) in [7, 11) is -3.92. The molecule has 3 aromatic rings.